The van der Waals surface area contributed by atoms with Crippen LogP contribution in [0.2, 0.25) is 0 Å². The molecule has 1 aliphatic rings. The summed E-state index contributed by atoms with van der Waals surface area (Å²) in [7, 11) is 0. The Kier molecular flexibility index (Phi) is 2.10. The Labute approximate surface area is 78.8 Å². The molecule has 0 aromatic heterocycles. The molecule has 1 aromatic carbocycles. The zero-order valence-corrected chi connectivity index (χ0v) is 8.10. The molecular weight excluding hydrogens is 163 g/mol. The average Bonchev–Trinajstić information content (AvgIpc) is 2.87. The Hall–Kier alpha value is -0.850. The molecule has 0 amide bonds. The van der Waals surface area contributed by atoms with Crippen LogP contribution in [0.25, 0.3) is 0 Å². The van der Waals surface area contributed by atoms with E-state index in [1.807, 2.05) is 26.0 Å². The summed E-state index contributed by atoms with van der Waals surface area (Å²) in [5, 5.41) is 0. The molecule has 1 fully saturated rings. The van der Waals surface area contributed by atoms with Crippen LogP contribution in [0.1, 0.15) is 43.7 Å². The Morgan fingerprint density at radius 2 is 2.00 bits per heavy atom. The van der Waals surface area contributed by atoms with E-state index in [4.69, 9.17) is 0 Å². The van der Waals surface area contributed by atoms with Crippen LogP contribution in [0.5, 0.6) is 0 Å². The summed E-state index contributed by atoms with van der Waals surface area (Å²) in [6.07, 6.45) is 2.32. The molecule has 1 aliphatic carbocycles. The van der Waals surface area contributed by atoms with Gasteiger partial charge in [-0.1, -0.05) is 26.0 Å². The largest absolute Gasteiger partial charge is 0.207 e. The molecule has 0 N–H and O–H groups in total. The van der Waals surface area contributed by atoms with E-state index < -0.39 is 0 Å². The minimum atomic E-state index is -0.0267. The standard InChI is InChI=1S/C12H14F/c1-8(2)10-5-6-11(9-3-4-9)12(13)7-10/h5-7,9H,3-4H2,1-2H3. The lowest BCUT2D eigenvalue weighted by Crippen LogP contribution is -1.93. The lowest BCUT2D eigenvalue weighted by Gasteiger charge is -2.07. The van der Waals surface area contributed by atoms with Crippen molar-refractivity contribution in [1.29, 1.82) is 0 Å². The van der Waals surface area contributed by atoms with E-state index >= 15 is 0 Å². The van der Waals surface area contributed by atoms with E-state index in [1.165, 1.54) is 5.92 Å². The maximum atomic E-state index is 13.5. The summed E-state index contributed by atoms with van der Waals surface area (Å²) in [4.78, 5) is 0. The second-order valence-corrected chi connectivity index (χ2v) is 4.01. The molecule has 0 unspecified atom stereocenters. The van der Waals surface area contributed by atoms with Gasteiger partial charge in [-0.15, -0.1) is 0 Å². The number of hydrogen-bond acceptors (Lipinski definition) is 0. The molecule has 1 aromatic rings. The predicted octanol–water partition coefficient (Wildman–Crippen LogP) is 3.67. The zero-order chi connectivity index (χ0) is 9.42. The normalized spacial score (nSPS) is 16.6. The summed E-state index contributed by atoms with van der Waals surface area (Å²) in [6, 6.07) is 5.62. The highest BCUT2D eigenvalue weighted by Crippen LogP contribution is 2.41. The summed E-state index contributed by atoms with van der Waals surface area (Å²) >= 11 is 0. The lowest BCUT2D eigenvalue weighted by atomic mass is 10.00. The summed E-state index contributed by atoms with van der Waals surface area (Å²) in [5.74, 6) is 1.65. The number of hydrogen-bond donors (Lipinski definition) is 0. The van der Waals surface area contributed by atoms with E-state index in [2.05, 4.69) is 0 Å². The van der Waals surface area contributed by atoms with E-state index in [-0.39, 0.29) is 5.82 Å². The van der Waals surface area contributed by atoms with Crippen LogP contribution >= 0.6 is 0 Å². The van der Waals surface area contributed by atoms with Crippen molar-refractivity contribution in [3.8, 4) is 0 Å². The van der Waals surface area contributed by atoms with Crippen LogP contribution in [0, 0.1) is 11.7 Å². The molecular formula is C12H14F. The smallest absolute Gasteiger partial charge is 0.126 e. The topological polar surface area (TPSA) is 0 Å². The van der Waals surface area contributed by atoms with Gasteiger partial charge >= 0.3 is 0 Å². The van der Waals surface area contributed by atoms with Gasteiger partial charge in [0.2, 0.25) is 0 Å². The minimum absolute atomic E-state index is 0.0267. The van der Waals surface area contributed by atoms with Gasteiger partial charge in [-0.25, -0.2) is 4.39 Å². The fraction of sp³-hybridized carbons (Fsp3) is 0.417. The predicted molar refractivity (Wildman–Crippen MR) is 52.1 cm³/mol. The second-order valence-electron chi connectivity index (χ2n) is 4.01. The van der Waals surface area contributed by atoms with Crippen LogP contribution in [-0.2, 0) is 0 Å². The van der Waals surface area contributed by atoms with Crippen molar-refractivity contribution in [2.24, 2.45) is 0 Å². The van der Waals surface area contributed by atoms with Gasteiger partial charge in [-0.3, -0.25) is 0 Å². The quantitative estimate of drug-likeness (QED) is 0.646. The number of halogens is 1. The van der Waals surface area contributed by atoms with Gasteiger partial charge in [0, 0.05) is 0 Å². The van der Waals surface area contributed by atoms with Crippen molar-refractivity contribution in [2.45, 2.75) is 32.6 Å². The van der Waals surface area contributed by atoms with Crippen molar-refractivity contribution in [3.63, 3.8) is 0 Å². The summed E-state index contributed by atoms with van der Waals surface area (Å²) < 4.78 is 13.5. The molecule has 0 saturated heterocycles. The third-order valence-electron chi connectivity index (χ3n) is 2.59. The maximum absolute atomic E-state index is 13.5. The summed E-state index contributed by atoms with van der Waals surface area (Å²) in [6.45, 7) is 4.01. The molecule has 69 valence electrons. The van der Waals surface area contributed by atoms with Crippen LogP contribution in [-0.4, -0.2) is 0 Å². The molecule has 0 heterocycles. The molecule has 0 atom stereocenters. The van der Waals surface area contributed by atoms with Gasteiger partial charge in [0.05, 0.1) is 0 Å². The maximum Gasteiger partial charge on any atom is 0.126 e. The Morgan fingerprint density at radius 3 is 2.46 bits per heavy atom. The first-order chi connectivity index (χ1) is 6.18. The molecule has 1 radical (unpaired) electrons. The lowest BCUT2D eigenvalue weighted by molar-refractivity contribution is 0.609. The highest BCUT2D eigenvalue weighted by Gasteiger charge is 2.26. The van der Waals surface area contributed by atoms with E-state index in [0.29, 0.717) is 5.92 Å². The molecule has 1 saturated carbocycles. The van der Waals surface area contributed by atoms with E-state index in [0.717, 1.165) is 24.0 Å². The molecule has 0 spiro atoms. The Balaban J connectivity index is 2.31. The highest BCUT2D eigenvalue weighted by molar-refractivity contribution is 5.35. The molecule has 0 bridgehead atoms. The molecule has 0 aliphatic heterocycles. The van der Waals surface area contributed by atoms with Crippen molar-refractivity contribution in [3.05, 3.63) is 41.1 Å². The first kappa shape index (κ1) is 8.74. The highest BCUT2D eigenvalue weighted by atomic mass is 19.1. The van der Waals surface area contributed by atoms with Gasteiger partial charge < -0.3 is 0 Å². The summed E-state index contributed by atoms with van der Waals surface area (Å²) in [5.41, 5.74) is 1.92. The molecule has 2 rings (SSSR count). The van der Waals surface area contributed by atoms with Crippen molar-refractivity contribution < 1.29 is 4.39 Å². The Morgan fingerprint density at radius 1 is 1.31 bits per heavy atom. The van der Waals surface area contributed by atoms with Crippen LogP contribution in [0.4, 0.5) is 4.39 Å². The second kappa shape index (κ2) is 3.13. The first-order valence-corrected chi connectivity index (χ1v) is 4.78. The van der Waals surface area contributed by atoms with Crippen LogP contribution in [0.3, 0.4) is 0 Å². The fourth-order valence-corrected chi connectivity index (χ4v) is 1.56. The molecule has 13 heavy (non-hydrogen) atoms. The molecule has 0 nitrogen and oxygen atoms in total. The fourth-order valence-electron chi connectivity index (χ4n) is 1.56. The zero-order valence-electron chi connectivity index (χ0n) is 8.10. The number of benzene rings is 1. The SMILES string of the molecule is C[C](C)c1ccc(C2CC2)c(F)c1. The van der Waals surface area contributed by atoms with Gasteiger partial charge in [-0.05, 0) is 41.9 Å². The average molecular weight is 177 g/mol. The van der Waals surface area contributed by atoms with Crippen molar-refractivity contribution in [1.82, 2.24) is 0 Å². The van der Waals surface area contributed by atoms with Gasteiger partial charge in [0.15, 0.2) is 0 Å². The van der Waals surface area contributed by atoms with Gasteiger partial charge in [0.25, 0.3) is 0 Å². The minimum Gasteiger partial charge on any atom is -0.207 e. The molecule has 1 heteroatoms. The van der Waals surface area contributed by atoms with E-state index in [1.54, 1.807) is 6.07 Å². The van der Waals surface area contributed by atoms with Crippen LogP contribution in [0.15, 0.2) is 18.2 Å². The van der Waals surface area contributed by atoms with Crippen molar-refractivity contribution >= 4 is 0 Å². The van der Waals surface area contributed by atoms with Crippen LogP contribution < -0.4 is 0 Å². The number of rotatable bonds is 2. The van der Waals surface area contributed by atoms with E-state index in [9.17, 15) is 4.39 Å². The third kappa shape index (κ3) is 1.74. The Bertz CT molecular complexity index is 311. The van der Waals surface area contributed by atoms with Gasteiger partial charge in [0.1, 0.15) is 5.82 Å². The third-order valence-corrected chi connectivity index (χ3v) is 2.59. The first-order valence-electron chi connectivity index (χ1n) is 4.78. The van der Waals surface area contributed by atoms with Crippen molar-refractivity contribution in [2.75, 3.05) is 0 Å². The van der Waals surface area contributed by atoms with Gasteiger partial charge in [-0.2, -0.15) is 0 Å². The monoisotopic (exact) mass is 177 g/mol.